The van der Waals surface area contributed by atoms with Crippen LogP contribution < -0.4 is 10.6 Å². The fourth-order valence-electron chi connectivity index (χ4n) is 2.49. The van der Waals surface area contributed by atoms with E-state index in [0.717, 1.165) is 45.4 Å². The zero-order valence-electron chi connectivity index (χ0n) is 13.7. The lowest BCUT2D eigenvalue weighted by Crippen LogP contribution is -2.49. The van der Waals surface area contributed by atoms with Crippen molar-refractivity contribution in [2.75, 3.05) is 39.4 Å². The minimum absolute atomic E-state index is 0.476. The van der Waals surface area contributed by atoms with Crippen LogP contribution in [0.4, 0.5) is 0 Å². The molecule has 0 amide bonds. The van der Waals surface area contributed by atoms with Gasteiger partial charge in [0.05, 0.1) is 19.8 Å². The highest BCUT2D eigenvalue weighted by atomic mass is 16.5. The second kappa shape index (κ2) is 9.43. The Morgan fingerprint density at radius 3 is 2.64 bits per heavy atom. The molecule has 1 fully saturated rings. The van der Waals surface area contributed by atoms with Gasteiger partial charge in [-0.15, -0.1) is 0 Å². The van der Waals surface area contributed by atoms with Crippen molar-refractivity contribution in [3.05, 3.63) is 35.9 Å². The summed E-state index contributed by atoms with van der Waals surface area (Å²) in [7, 11) is 0. The zero-order valence-corrected chi connectivity index (χ0v) is 13.7. The minimum atomic E-state index is 0.476. The van der Waals surface area contributed by atoms with Gasteiger partial charge in [-0.2, -0.15) is 0 Å². The summed E-state index contributed by atoms with van der Waals surface area (Å²) in [5.74, 6) is 0.881. The summed E-state index contributed by atoms with van der Waals surface area (Å²) >= 11 is 0. The highest BCUT2D eigenvalue weighted by Crippen LogP contribution is 2.03. The summed E-state index contributed by atoms with van der Waals surface area (Å²) in [4.78, 5) is 7.11. The molecule has 1 saturated heterocycles. The lowest BCUT2D eigenvalue weighted by Gasteiger charge is -2.32. The fraction of sp³-hybridized carbons (Fsp3) is 0.588. The zero-order chi connectivity index (χ0) is 15.6. The van der Waals surface area contributed by atoms with Crippen LogP contribution in [0.1, 0.15) is 19.4 Å². The van der Waals surface area contributed by atoms with Crippen LogP contribution in [0.15, 0.2) is 35.3 Å². The largest absolute Gasteiger partial charge is 0.379 e. The van der Waals surface area contributed by atoms with E-state index in [4.69, 9.17) is 4.74 Å². The number of rotatable bonds is 6. The van der Waals surface area contributed by atoms with Crippen molar-refractivity contribution in [1.29, 1.82) is 0 Å². The molecule has 2 N–H and O–H groups in total. The van der Waals surface area contributed by atoms with Crippen molar-refractivity contribution in [3.63, 3.8) is 0 Å². The van der Waals surface area contributed by atoms with Crippen LogP contribution in [-0.2, 0) is 11.3 Å². The Morgan fingerprint density at radius 2 is 1.95 bits per heavy atom. The lowest BCUT2D eigenvalue weighted by atomic mass is 10.2. The molecule has 0 radical (unpaired) electrons. The maximum Gasteiger partial charge on any atom is 0.191 e. The number of benzene rings is 1. The average molecular weight is 304 g/mol. The van der Waals surface area contributed by atoms with E-state index >= 15 is 0 Å². The van der Waals surface area contributed by atoms with Crippen molar-refractivity contribution in [1.82, 2.24) is 15.5 Å². The molecule has 1 aliphatic heterocycles. The average Bonchev–Trinajstić information content (AvgIpc) is 2.59. The van der Waals surface area contributed by atoms with Crippen LogP contribution in [0.5, 0.6) is 0 Å². The van der Waals surface area contributed by atoms with Gasteiger partial charge in [-0.05, 0) is 19.4 Å². The Kier molecular flexibility index (Phi) is 7.19. The molecule has 0 aromatic heterocycles. The highest BCUT2D eigenvalue weighted by molar-refractivity contribution is 5.79. The first-order valence-corrected chi connectivity index (χ1v) is 8.17. The Hall–Kier alpha value is -1.59. The van der Waals surface area contributed by atoms with Crippen molar-refractivity contribution in [2.45, 2.75) is 26.4 Å². The lowest BCUT2D eigenvalue weighted by molar-refractivity contribution is 0.0211. The van der Waals surface area contributed by atoms with Gasteiger partial charge in [-0.25, -0.2) is 4.99 Å². The molecule has 1 atom stereocenters. The number of hydrogen-bond donors (Lipinski definition) is 2. The van der Waals surface area contributed by atoms with Gasteiger partial charge >= 0.3 is 0 Å². The summed E-state index contributed by atoms with van der Waals surface area (Å²) in [6, 6.07) is 10.8. The molecule has 1 aromatic carbocycles. The molecule has 1 aliphatic rings. The molecule has 5 heteroatoms. The molecule has 1 heterocycles. The SMILES string of the molecule is CCNC(=NCc1ccccc1)NCC(C)N1CCOCC1. The number of hydrogen-bond acceptors (Lipinski definition) is 3. The van der Waals surface area contributed by atoms with Gasteiger partial charge in [0.2, 0.25) is 0 Å². The van der Waals surface area contributed by atoms with Crippen molar-refractivity contribution in [3.8, 4) is 0 Å². The summed E-state index contributed by atoms with van der Waals surface area (Å²) < 4.78 is 5.40. The van der Waals surface area contributed by atoms with Gasteiger partial charge in [0, 0.05) is 32.2 Å². The molecule has 0 bridgehead atoms. The predicted octanol–water partition coefficient (Wildman–Crippen LogP) is 1.46. The van der Waals surface area contributed by atoms with E-state index in [0.29, 0.717) is 12.6 Å². The molecule has 0 spiro atoms. The van der Waals surface area contributed by atoms with Gasteiger partial charge in [0.25, 0.3) is 0 Å². The van der Waals surface area contributed by atoms with Crippen LogP contribution in [0.2, 0.25) is 0 Å². The molecule has 0 aliphatic carbocycles. The van der Waals surface area contributed by atoms with E-state index in [9.17, 15) is 0 Å². The first-order chi connectivity index (χ1) is 10.8. The van der Waals surface area contributed by atoms with Gasteiger partial charge in [0.15, 0.2) is 5.96 Å². The number of aliphatic imine (C=N–C) groups is 1. The Morgan fingerprint density at radius 1 is 1.23 bits per heavy atom. The van der Waals surface area contributed by atoms with Crippen LogP contribution in [0, 0.1) is 0 Å². The van der Waals surface area contributed by atoms with E-state index in [1.165, 1.54) is 5.56 Å². The quantitative estimate of drug-likeness (QED) is 0.617. The van der Waals surface area contributed by atoms with Gasteiger partial charge in [-0.3, -0.25) is 4.90 Å². The summed E-state index contributed by atoms with van der Waals surface area (Å²) in [6.45, 7) is 10.5. The number of guanidine groups is 1. The summed E-state index contributed by atoms with van der Waals surface area (Å²) in [5, 5.41) is 6.75. The van der Waals surface area contributed by atoms with Crippen molar-refractivity contribution >= 4 is 5.96 Å². The smallest absolute Gasteiger partial charge is 0.191 e. The molecule has 2 rings (SSSR count). The third-order valence-electron chi connectivity index (χ3n) is 3.84. The predicted molar refractivity (Wildman–Crippen MR) is 91.1 cm³/mol. The molecular weight excluding hydrogens is 276 g/mol. The van der Waals surface area contributed by atoms with E-state index in [-0.39, 0.29) is 0 Å². The molecule has 1 aromatic rings. The molecule has 5 nitrogen and oxygen atoms in total. The normalized spacial score (nSPS) is 18.0. The van der Waals surface area contributed by atoms with Crippen molar-refractivity contribution < 1.29 is 4.74 Å². The Bertz CT molecular complexity index is 443. The maximum absolute atomic E-state index is 5.40. The fourth-order valence-corrected chi connectivity index (χ4v) is 2.49. The standard InChI is InChI=1S/C17H28N4O/c1-3-18-17(20-14-16-7-5-4-6-8-16)19-13-15(2)21-9-11-22-12-10-21/h4-8,15H,3,9-14H2,1-2H3,(H2,18,19,20). The third-order valence-corrected chi connectivity index (χ3v) is 3.84. The van der Waals surface area contributed by atoms with E-state index < -0.39 is 0 Å². The first kappa shape index (κ1) is 16.8. The number of nitrogens with zero attached hydrogens (tertiary/aromatic N) is 2. The first-order valence-electron chi connectivity index (χ1n) is 8.17. The second-order valence-corrected chi connectivity index (χ2v) is 5.56. The van der Waals surface area contributed by atoms with E-state index in [1.807, 2.05) is 18.2 Å². The van der Waals surface area contributed by atoms with Crippen LogP contribution in [-0.4, -0.2) is 56.3 Å². The van der Waals surface area contributed by atoms with E-state index in [1.54, 1.807) is 0 Å². The maximum atomic E-state index is 5.40. The monoisotopic (exact) mass is 304 g/mol. The summed E-state index contributed by atoms with van der Waals surface area (Å²) in [5.41, 5.74) is 1.22. The van der Waals surface area contributed by atoms with Crippen LogP contribution in [0.25, 0.3) is 0 Å². The second-order valence-electron chi connectivity index (χ2n) is 5.56. The molecule has 122 valence electrons. The topological polar surface area (TPSA) is 48.9 Å². The Balaban J connectivity index is 1.82. The molecular formula is C17H28N4O. The number of ether oxygens (including phenoxy) is 1. The third kappa shape index (κ3) is 5.66. The van der Waals surface area contributed by atoms with Gasteiger partial charge < -0.3 is 15.4 Å². The number of morpholine rings is 1. The minimum Gasteiger partial charge on any atom is -0.379 e. The van der Waals surface area contributed by atoms with Crippen LogP contribution in [0.3, 0.4) is 0 Å². The van der Waals surface area contributed by atoms with Gasteiger partial charge in [-0.1, -0.05) is 30.3 Å². The molecule has 1 unspecified atom stereocenters. The molecule has 0 saturated carbocycles. The number of nitrogens with one attached hydrogen (secondary N) is 2. The molecule has 22 heavy (non-hydrogen) atoms. The van der Waals surface area contributed by atoms with Gasteiger partial charge in [0.1, 0.15) is 0 Å². The highest BCUT2D eigenvalue weighted by Gasteiger charge is 2.16. The van der Waals surface area contributed by atoms with Crippen molar-refractivity contribution in [2.24, 2.45) is 4.99 Å². The van der Waals surface area contributed by atoms with E-state index in [2.05, 4.69) is 46.5 Å². The Labute approximate surface area is 133 Å². The van der Waals surface area contributed by atoms with Crippen LogP contribution >= 0.6 is 0 Å². The summed E-state index contributed by atoms with van der Waals surface area (Å²) in [6.07, 6.45) is 0.